The Morgan fingerprint density at radius 1 is 0.805 bits per heavy atom. The molecule has 0 atom stereocenters. The zero-order valence-corrected chi connectivity index (χ0v) is 23.1. The summed E-state index contributed by atoms with van der Waals surface area (Å²) in [6, 6.07) is 28.4. The topological polar surface area (TPSA) is 80.9 Å². The van der Waals surface area contributed by atoms with Crippen LogP contribution in [0.1, 0.15) is 48.5 Å². The second-order valence-corrected chi connectivity index (χ2v) is 11.1. The van der Waals surface area contributed by atoms with Gasteiger partial charge in [0.1, 0.15) is 11.3 Å². The van der Waals surface area contributed by atoms with Crippen molar-refractivity contribution in [2.45, 2.75) is 38.1 Å². The smallest absolute Gasteiger partial charge is 0.337 e. The van der Waals surface area contributed by atoms with Crippen LogP contribution in [0.5, 0.6) is 0 Å². The molecule has 1 saturated carbocycles. The SMILES string of the molecule is O=C(O)c1cnc2c(c1)nc(-c1ccc3nc(-c4ccccc4-c4ccc(Cl)cc4)ccc3c1)n2C1CCCCC1. The molecule has 6 aromatic rings. The maximum atomic E-state index is 11.6. The molecule has 41 heavy (non-hydrogen) atoms. The number of imidazole rings is 1. The van der Waals surface area contributed by atoms with E-state index in [9.17, 15) is 9.90 Å². The van der Waals surface area contributed by atoms with Crippen molar-refractivity contribution in [2.24, 2.45) is 0 Å². The number of carboxylic acid groups (broad SMARTS) is 1. The van der Waals surface area contributed by atoms with Gasteiger partial charge in [-0.15, -0.1) is 0 Å². The van der Waals surface area contributed by atoms with Crippen molar-refractivity contribution in [2.75, 3.05) is 0 Å². The van der Waals surface area contributed by atoms with Crippen LogP contribution in [-0.2, 0) is 0 Å². The Kier molecular flexibility index (Phi) is 6.48. The van der Waals surface area contributed by atoms with Gasteiger partial charge >= 0.3 is 5.97 Å². The van der Waals surface area contributed by atoms with Crippen LogP contribution in [-0.4, -0.2) is 30.6 Å². The van der Waals surface area contributed by atoms with Crippen molar-refractivity contribution < 1.29 is 9.90 Å². The largest absolute Gasteiger partial charge is 0.478 e. The average molecular weight is 559 g/mol. The van der Waals surface area contributed by atoms with Crippen molar-refractivity contribution in [3.8, 4) is 33.8 Å². The maximum absolute atomic E-state index is 11.6. The summed E-state index contributed by atoms with van der Waals surface area (Å²) in [7, 11) is 0. The summed E-state index contributed by atoms with van der Waals surface area (Å²) in [5, 5.41) is 11.2. The Labute approximate surface area is 242 Å². The number of aromatic nitrogens is 4. The Balaban J connectivity index is 1.32. The number of halogens is 1. The van der Waals surface area contributed by atoms with Crippen molar-refractivity contribution in [1.29, 1.82) is 0 Å². The first-order chi connectivity index (χ1) is 20.0. The number of nitrogens with zero attached hydrogens (tertiary/aromatic N) is 4. The highest BCUT2D eigenvalue weighted by Gasteiger charge is 2.24. The van der Waals surface area contributed by atoms with Gasteiger partial charge in [0.25, 0.3) is 0 Å². The summed E-state index contributed by atoms with van der Waals surface area (Å²) in [4.78, 5) is 26.2. The Morgan fingerprint density at radius 2 is 1.56 bits per heavy atom. The minimum absolute atomic E-state index is 0.145. The molecule has 6 nitrogen and oxygen atoms in total. The molecular weight excluding hydrogens is 532 g/mol. The van der Waals surface area contributed by atoms with Crippen LogP contribution in [0, 0.1) is 0 Å². The molecule has 0 saturated heterocycles. The lowest BCUT2D eigenvalue weighted by molar-refractivity contribution is 0.0696. The van der Waals surface area contributed by atoms with Crippen LogP contribution in [0.3, 0.4) is 0 Å². The number of aromatic carboxylic acids is 1. The minimum Gasteiger partial charge on any atom is -0.478 e. The van der Waals surface area contributed by atoms with E-state index in [2.05, 4.69) is 45.9 Å². The zero-order chi connectivity index (χ0) is 27.9. The molecule has 7 rings (SSSR count). The number of hydrogen-bond donors (Lipinski definition) is 1. The number of pyridine rings is 2. The van der Waals surface area contributed by atoms with E-state index in [1.165, 1.54) is 25.5 Å². The van der Waals surface area contributed by atoms with Gasteiger partial charge < -0.3 is 9.67 Å². The number of benzene rings is 3. The molecule has 0 radical (unpaired) electrons. The molecule has 1 fully saturated rings. The maximum Gasteiger partial charge on any atom is 0.337 e. The summed E-state index contributed by atoms with van der Waals surface area (Å²) in [5.74, 6) is -0.181. The summed E-state index contributed by atoms with van der Waals surface area (Å²) in [5.41, 5.74) is 7.49. The van der Waals surface area contributed by atoms with Gasteiger partial charge in [0, 0.05) is 33.8 Å². The van der Waals surface area contributed by atoms with Crippen LogP contribution in [0.25, 0.3) is 55.8 Å². The molecule has 1 aliphatic carbocycles. The third-order valence-electron chi connectivity index (χ3n) is 8.02. The van der Waals surface area contributed by atoms with E-state index in [1.54, 1.807) is 6.07 Å². The van der Waals surface area contributed by atoms with E-state index in [4.69, 9.17) is 21.6 Å². The molecule has 7 heteroatoms. The molecule has 0 aliphatic heterocycles. The van der Waals surface area contributed by atoms with Crippen molar-refractivity contribution in [3.63, 3.8) is 0 Å². The predicted molar refractivity (Wildman–Crippen MR) is 163 cm³/mol. The normalized spacial score (nSPS) is 14.1. The molecule has 0 spiro atoms. The van der Waals surface area contributed by atoms with Crippen LogP contribution in [0.4, 0.5) is 0 Å². The minimum atomic E-state index is -1.00. The highest BCUT2D eigenvalue weighted by atomic mass is 35.5. The molecule has 0 amide bonds. The van der Waals surface area contributed by atoms with Gasteiger partial charge in [-0.25, -0.2) is 19.7 Å². The Bertz CT molecular complexity index is 1920. The first kappa shape index (κ1) is 25.4. The highest BCUT2D eigenvalue weighted by Crippen LogP contribution is 2.37. The van der Waals surface area contributed by atoms with E-state index in [1.807, 2.05) is 42.5 Å². The van der Waals surface area contributed by atoms with Crippen LogP contribution in [0.15, 0.2) is 91.1 Å². The van der Waals surface area contributed by atoms with Gasteiger partial charge in [-0.1, -0.05) is 73.3 Å². The molecule has 1 N–H and O–H groups in total. The van der Waals surface area contributed by atoms with Gasteiger partial charge in [0.15, 0.2) is 5.65 Å². The van der Waals surface area contributed by atoms with Crippen LogP contribution in [0.2, 0.25) is 5.02 Å². The van der Waals surface area contributed by atoms with Crippen molar-refractivity contribution >= 4 is 39.6 Å². The Morgan fingerprint density at radius 3 is 2.34 bits per heavy atom. The standard InChI is InChI=1S/C34H27ClN4O2/c35-25-14-10-21(11-15-25)27-8-4-5-9-28(27)30-17-12-22-18-23(13-16-29(22)37-30)32-38-31-19-24(34(40)41)20-36-33(31)39(32)26-6-2-1-3-7-26/h4-5,8-20,26H,1-3,6-7H2,(H,40,41). The van der Waals surface area contributed by atoms with E-state index >= 15 is 0 Å². The molecular formula is C34H27ClN4O2. The first-order valence-corrected chi connectivity index (χ1v) is 14.3. The average Bonchev–Trinajstić information content (AvgIpc) is 3.40. The number of rotatable bonds is 5. The fourth-order valence-corrected chi connectivity index (χ4v) is 6.12. The summed E-state index contributed by atoms with van der Waals surface area (Å²) >= 11 is 6.13. The summed E-state index contributed by atoms with van der Waals surface area (Å²) < 4.78 is 2.23. The molecule has 0 unspecified atom stereocenters. The van der Waals surface area contributed by atoms with E-state index in [0.29, 0.717) is 10.5 Å². The Hall–Kier alpha value is -4.55. The molecule has 3 heterocycles. The third kappa shape index (κ3) is 4.74. The zero-order valence-electron chi connectivity index (χ0n) is 22.3. The quantitative estimate of drug-likeness (QED) is 0.228. The lowest BCUT2D eigenvalue weighted by atomic mass is 9.95. The predicted octanol–water partition coefficient (Wildman–Crippen LogP) is 8.84. The van der Waals surface area contributed by atoms with Gasteiger partial charge in [0.05, 0.1) is 16.8 Å². The molecule has 202 valence electrons. The van der Waals surface area contributed by atoms with Crippen LogP contribution < -0.4 is 0 Å². The number of carbonyl (C=O) groups is 1. The third-order valence-corrected chi connectivity index (χ3v) is 8.27. The second-order valence-electron chi connectivity index (χ2n) is 10.6. The van der Waals surface area contributed by atoms with Crippen molar-refractivity contribution in [3.05, 3.63) is 102 Å². The molecule has 3 aromatic carbocycles. The highest BCUT2D eigenvalue weighted by molar-refractivity contribution is 6.30. The molecule has 0 bridgehead atoms. The lowest BCUT2D eigenvalue weighted by Crippen LogP contribution is -2.14. The summed E-state index contributed by atoms with van der Waals surface area (Å²) in [6.45, 7) is 0. The van der Waals surface area contributed by atoms with Crippen molar-refractivity contribution in [1.82, 2.24) is 19.5 Å². The van der Waals surface area contributed by atoms with Gasteiger partial charge in [0.2, 0.25) is 0 Å². The molecule has 3 aromatic heterocycles. The lowest BCUT2D eigenvalue weighted by Gasteiger charge is -2.25. The number of carboxylic acids is 1. The van der Waals surface area contributed by atoms with E-state index < -0.39 is 5.97 Å². The first-order valence-electron chi connectivity index (χ1n) is 13.9. The second kappa shape index (κ2) is 10.5. The van der Waals surface area contributed by atoms with E-state index in [-0.39, 0.29) is 11.6 Å². The number of fused-ring (bicyclic) bond motifs is 2. The van der Waals surface area contributed by atoms with Gasteiger partial charge in [-0.2, -0.15) is 0 Å². The summed E-state index contributed by atoms with van der Waals surface area (Å²) in [6.07, 6.45) is 7.12. The number of hydrogen-bond acceptors (Lipinski definition) is 4. The fraction of sp³-hybridized carbons (Fsp3) is 0.176. The van der Waals surface area contributed by atoms with E-state index in [0.717, 1.165) is 63.2 Å². The fourth-order valence-electron chi connectivity index (χ4n) is 5.99. The molecule has 1 aliphatic rings. The monoisotopic (exact) mass is 558 g/mol. The van der Waals surface area contributed by atoms with Gasteiger partial charge in [-0.3, -0.25) is 0 Å². The van der Waals surface area contributed by atoms with Gasteiger partial charge in [-0.05, 0) is 66.4 Å². The van der Waals surface area contributed by atoms with Crippen LogP contribution >= 0.6 is 11.6 Å².